The van der Waals surface area contributed by atoms with Crippen molar-refractivity contribution in [2.75, 3.05) is 13.2 Å². The van der Waals surface area contributed by atoms with Gasteiger partial charge in [-0.15, -0.1) is 0 Å². The van der Waals surface area contributed by atoms with E-state index in [0.29, 0.717) is 31.4 Å². The highest BCUT2D eigenvalue weighted by Crippen LogP contribution is 2.46. The predicted molar refractivity (Wildman–Crippen MR) is 73.8 cm³/mol. The van der Waals surface area contributed by atoms with E-state index in [9.17, 15) is 9.18 Å². The van der Waals surface area contributed by atoms with Crippen LogP contribution in [0.15, 0.2) is 18.2 Å². The lowest BCUT2D eigenvalue weighted by atomic mass is 9.85. The van der Waals surface area contributed by atoms with Gasteiger partial charge in [-0.1, -0.05) is 19.9 Å². The van der Waals surface area contributed by atoms with Crippen LogP contribution in [0.5, 0.6) is 5.75 Å². The van der Waals surface area contributed by atoms with Gasteiger partial charge in [0.25, 0.3) is 0 Å². The molecule has 0 saturated heterocycles. The molecule has 108 valence electrons. The van der Waals surface area contributed by atoms with Gasteiger partial charge in [0.15, 0.2) is 0 Å². The van der Waals surface area contributed by atoms with Gasteiger partial charge in [-0.2, -0.15) is 0 Å². The summed E-state index contributed by atoms with van der Waals surface area (Å²) in [6.45, 7) is 5.55. The molecule has 2 aliphatic rings. The van der Waals surface area contributed by atoms with Crippen LogP contribution >= 0.6 is 0 Å². The van der Waals surface area contributed by atoms with Gasteiger partial charge in [0.2, 0.25) is 5.91 Å². The van der Waals surface area contributed by atoms with Gasteiger partial charge < -0.3 is 9.64 Å². The molecular formula is C16H20FNO2. The molecule has 3 nitrogen and oxygen atoms in total. The van der Waals surface area contributed by atoms with Gasteiger partial charge in [-0.3, -0.25) is 4.79 Å². The number of carbonyl (C=O) groups excluding carboxylic acids is 1. The first kappa shape index (κ1) is 13.4. The quantitative estimate of drug-likeness (QED) is 0.831. The van der Waals surface area contributed by atoms with Gasteiger partial charge in [-0.25, -0.2) is 4.39 Å². The number of nitrogens with zero attached hydrogens (tertiary/aromatic N) is 1. The molecule has 0 aromatic heterocycles. The first-order valence-corrected chi connectivity index (χ1v) is 7.19. The number of hydrogen-bond acceptors (Lipinski definition) is 2. The number of rotatable bonds is 2. The number of benzene rings is 1. The summed E-state index contributed by atoms with van der Waals surface area (Å²) in [5.41, 5.74) is 0.578. The molecule has 1 aliphatic heterocycles. The van der Waals surface area contributed by atoms with Crippen LogP contribution in [0.3, 0.4) is 0 Å². The third kappa shape index (κ3) is 2.39. The third-order valence-corrected chi connectivity index (χ3v) is 4.45. The Morgan fingerprint density at radius 3 is 2.85 bits per heavy atom. The number of carbonyl (C=O) groups is 1. The molecule has 1 aromatic rings. The average molecular weight is 277 g/mol. The minimum Gasteiger partial charge on any atom is -0.491 e. The van der Waals surface area contributed by atoms with E-state index in [0.717, 1.165) is 18.4 Å². The van der Waals surface area contributed by atoms with Crippen molar-refractivity contribution < 1.29 is 13.9 Å². The maximum atomic E-state index is 13.2. The molecular weight excluding hydrogens is 257 g/mol. The maximum Gasteiger partial charge on any atom is 0.228 e. The summed E-state index contributed by atoms with van der Waals surface area (Å²) in [4.78, 5) is 14.6. The molecule has 3 rings (SSSR count). The van der Waals surface area contributed by atoms with Crippen LogP contribution in [0.25, 0.3) is 0 Å². The lowest BCUT2D eigenvalue weighted by Crippen LogP contribution is -2.42. The summed E-state index contributed by atoms with van der Waals surface area (Å²) in [5.74, 6) is 0.944. The molecule has 0 spiro atoms. The largest absolute Gasteiger partial charge is 0.491 e. The van der Waals surface area contributed by atoms with E-state index >= 15 is 0 Å². The van der Waals surface area contributed by atoms with Gasteiger partial charge >= 0.3 is 0 Å². The summed E-state index contributed by atoms with van der Waals surface area (Å²) < 4.78 is 18.8. The second kappa shape index (κ2) is 4.76. The molecule has 1 fully saturated rings. The Hall–Kier alpha value is -1.58. The first-order valence-electron chi connectivity index (χ1n) is 7.19. The fourth-order valence-electron chi connectivity index (χ4n) is 2.90. The summed E-state index contributed by atoms with van der Waals surface area (Å²) in [6.07, 6.45) is 2.29. The molecule has 1 saturated carbocycles. The number of hydrogen-bond donors (Lipinski definition) is 0. The van der Waals surface area contributed by atoms with E-state index < -0.39 is 0 Å². The average Bonchev–Trinajstić information content (AvgIpc) is 3.23. The van der Waals surface area contributed by atoms with Crippen LogP contribution in [-0.2, 0) is 11.3 Å². The van der Waals surface area contributed by atoms with Crippen molar-refractivity contribution >= 4 is 5.91 Å². The lowest BCUT2D eigenvalue weighted by Gasteiger charge is -2.31. The molecule has 1 amide bonds. The topological polar surface area (TPSA) is 29.5 Å². The van der Waals surface area contributed by atoms with Gasteiger partial charge in [-0.05, 0) is 24.8 Å². The molecule has 1 aliphatic carbocycles. The summed E-state index contributed by atoms with van der Waals surface area (Å²) in [7, 11) is 0. The molecule has 4 heteroatoms. The van der Waals surface area contributed by atoms with Gasteiger partial charge in [0.1, 0.15) is 18.2 Å². The van der Waals surface area contributed by atoms with Crippen LogP contribution in [0.4, 0.5) is 4.39 Å². The molecule has 0 bridgehead atoms. The fourth-order valence-corrected chi connectivity index (χ4v) is 2.90. The maximum absolute atomic E-state index is 13.2. The van der Waals surface area contributed by atoms with Crippen LogP contribution < -0.4 is 4.74 Å². The van der Waals surface area contributed by atoms with Crippen molar-refractivity contribution in [3.8, 4) is 5.75 Å². The summed E-state index contributed by atoms with van der Waals surface area (Å²) in [6, 6.07) is 4.53. The Labute approximate surface area is 118 Å². The summed E-state index contributed by atoms with van der Waals surface area (Å²) in [5, 5.41) is 0. The molecule has 0 N–H and O–H groups in total. The molecule has 1 aromatic carbocycles. The van der Waals surface area contributed by atoms with Gasteiger partial charge in [0.05, 0.1) is 6.54 Å². The Kier molecular flexibility index (Phi) is 3.19. The second-order valence-electron chi connectivity index (χ2n) is 6.32. The van der Waals surface area contributed by atoms with E-state index in [4.69, 9.17) is 4.74 Å². The monoisotopic (exact) mass is 277 g/mol. The number of fused-ring (bicyclic) bond motifs is 1. The van der Waals surface area contributed by atoms with Crippen LogP contribution in [0, 0.1) is 17.2 Å². The zero-order valence-electron chi connectivity index (χ0n) is 12.0. The highest BCUT2D eigenvalue weighted by molar-refractivity contribution is 5.82. The van der Waals surface area contributed by atoms with E-state index in [1.165, 1.54) is 12.1 Å². The zero-order chi connectivity index (χ0) is 14.3. The minimum absolute atomic E-state index is 0.181. The van der Waals surface area contributed by atoms with Crippen molar-refractivity contribution in [2.45, 2.75) is 33.2 Å². The predicted octanol–water partition coefficient (Wildman–Crippen LogP) is 2.98. The zero-order valence-corrected chi connectivity index (χ0v) is 12.0. The van der Waals surface area contributed by atoms with Crippen LogP contribution in [0.1, 0.15) is 32.3 Å². The smallest absolute Gasteiger partial charge is 0.228 e. The lowest BCUT2D eigenvalue weighted by molar-refractivity contribution is -0.142. The number of ether oxygens (including phenoxy) is 1. The standard InChI is InChI=1S/C16H20FNO2/c1-16(2,12-4-5-12)15(19)18-7-8-20-14-9-13(17)6-3-11(14)10-18/h3,6,9,12H,4-5,7-8,10H2,1-2H3. The second-order valence-corrected chi connectivity index (χ2v) is 6.32. The highest BCUT2D eigenvalue weighted by atomic mass is 19.1. The van der Waals surface area contributed by atoms with E-state index in [-0.39, 0.29) is 17.1 Å². The molecule has 0 radical (unpaired) electrons. The van der Waals surface area contributed by atoms with Crippen LogP contribution in [-0.4, -0.2) is 24.0 Å². The van der Waals surface area contributed by atoms with Crippen molar-refractivity contribution in [3.63, 3.8) is 0 Å². The molecule has 0 unspecified atom stereocenters. The molecule has 1 heterocycles. The number of amides is 1. The van der Waals surface area contributed by atoms with E-state index in [2.05, 4.69) is 0 Å². The van der Waals surface area contributed by atoms with Crippen molar-refractivity contribution in [2.24, 2.45) is 11.3 Å². The molecule has 20 heavy (non-hydrogen) atoms. The Bertz CT molecular complexity index is 537. The number of halogens is 1. The summed E-state index contributed by atoms with van der Waals surface area (Å²) >= 11 is 0. The SMILES string of the molecule is CC(C)(C(=O)N1CCOc2cc(F)ccc2C1)C1CC1. The van der Waals surface area contributed by atoms with Crippen LogP contribution in [0.2, 0.25) is 0 Å². The Morgan fingerprint density at radius 1 is 1.40 bits per heavy atom. The molecule has 0 atom stereocenters. The highest BCUT2D eigenvalue weighted by Gasteiger charge is 2.45. The van der Waals surface area contributed by atoms with Crippen molar-refractivity contribution in [1.29, 1.82) is 0 Å². The fraction of sp³-hybridized carbons (Fsp3) is 0.562. The van der Waals surface area contributed by atoms with Gasteiger partial charge in [0, 0.05) is 23.6 Å². The Morgan fingerprint density at radius 2 is 2.15 bits per heavy atom. The Balaban J connectivity index is 1.82. The van der Waals surface area contributed by atoms with E-state index in [1.807, 2.05) is 18.7 Å². The normalized spacial score (nSPS) is 19.1. The minimum atomic E-state index is -0.304. The third-order valence-electron chi connectivity index (χ3n) is 4.45. The first-order chi connectivity index (χ1) is 9.48. The van der Waals surface area contributed by atoms with Crippen molar-refractivity contribution in [3.05, 3.63) is 29.6 Å². The van der Waals surface area contributed by atoms with E-state index in [1.54, 1.807) is 6.07 Å². The van der Waals surface area contributed by atoms with Crippen molar-refractivity contribution in [1.82, 2.24) is 4.90 Å².